The predicted molar refractivity (Wildman–Crippen MR) is 89.3 cm³/mol. The lowest BCUT2D eigenvalue weighted by Gasteiger charge is -2.19. The second-order valence-corrected chi connectivity index (χ2v) is 5.62. The number of anilines is 1. The summed E-state index contributed by atoms with van der Waals surface area (Å²) in [6.45, 7) is 5.33. The minimum Gasteiger partial charge on any atom is -0.398 e. The fourth-order valence-corrected chi connectivity index (χ4v) is 2.45. The third kappa shape index (κ3) is 4.87. The number of nitrogens with one attached hydrogen (secondary N) is 1. The van der Waals surface area contributed by atoms with Crippen molar-refractivity contribution in [1.29, 1.82) is 0 Å². The molecule has 112 valence electrons. The molecule has 21 heavy (non-hydrogen) atoms. The largest absolute Gasteiger partial charge is 0.398 e. The van der Waals surface area contributed by atoms with E-state index in [1.165, 1.54) is 11.1 Å². The van der Waals surface area contributed by atoms with Gasteiger partial charge in [0.25, 0.3) is 0 Å². The van der Waals surface area contributed by atoms with Crippen LogP contribution < -0.4 is 11.1 Å². The maximum Gasteiger partial charge on any atom is 0.0378 e. The molecule has 0 aliphatic rings. The summed E-state index contributed by atoms with van der Waals surface area (Å²) in [5.41, 5.74) is 10.7. The average molecular weight is 283 g/mol. The molecule has 0 spiro atoms. The number of hydrogen-bond donors (Lipinski definition) is 2. The highest BCUT2D eigenvalue weighted by Gasteiger charge is 2.12. The first-order valence-corrected chi connectivity index (χ1v) is 7.66. The Morgan fingerprint density at radius 1 is 1.14 bits per heavy atom. The van der Waals surface area contributed by atoms with Gasteiger partial charge in [0.05, 0.1) is 0 Å². The molecule has 0 radical (unpaired) electrons. The van der Waals surface area contributed by atoms with E-state index >= 15 is 0 Å². The number of benzene rings is 1. The molecule has 0 saturated carbocycles. The number of nitrogens with two attached hydrogens (primary N) is 1. The van der Waals surface area contributed by atoms with E-state index in [9.17, 15) is 0 Å². The Hall–Kier alpha value is -1.87. The lowest BCUT2D eigenvalue weighted by atomic mass is 9.98. The van der Waals surface area contributed by atoms with Crippen LogP contribution in [0.2, 0.25) is 0 Å². The maximum atomic E-state index is 6.04. The van der Waals surface area contributed by atoms with Crippen LogP contribution in [0.3, 0.4) is 0 Å². The SMILES string of the molecule is CCCNC(Cc1ccc(C)cc1)Cc1cnccc1N. The molecule has 0 fully saturated rings. The fraction of sp³-hybridized carbons (Fsp3) is 0.389. The second kappa shape index (κ2) is 7.79. The second-order valence-electron chi connectivity index (χ2n) is 5.62. The number of nitrogen functional groups attached to an aromatic ring is 1. The third-order valence-electron chi connectivity index (χ3n) is 3.69. The predicted octanol–water partition coefficient (Wildman–Crippen LogP) is 3.13. The lowest BCUT2D eigenvalue weighted by Crippen LogP contribution is -2.34. The molecule has 1 unspecified atom stereocenters. The van der Waals surface area contributed by atoms with Gasteiger partial charge in [-0.05, 0) is 49.9 Å². The molecular formula is C18H25N3. The number of hydrogen-bond acceptors (Lipinski definition) is 3. The Bertz CT molecular complexity index is 549. The Balaban J connectivity index is 2.07. The van der Waals surface area contributed by atoms with Crippen LogP contribution in [0.5, 0.6) is 0 Å². The van der Waals surface area contributed by atoms with Crippen LogP contribution in [0.15, 0.2) is 42.7 Å². The molecule has 3 heteroatoms. The summed E-state index contributed by atoms with van der Waals surface area (Å²) >= 11 is 0. The Labute approximate surface area is 127 Å². The summed E-state index contributed by atoms with van der Waals surface area (Å²) in [5, 5.41) is 3.62. The van der Waals surface area contributed by atoms with Crippen LogP contribution in [-0.4, -0.2) is 17.6 Å². The number of aromatic nitrogens is 1. The number of pyridine rings is 1. The summed E-state index contributed by atoms with van der Waals surface area (Å²) in [6, 6.07) is 11.0. The van der Waals surface area contributed by atoms with Gasteiger partial charge in [-0.1, -0.05) is 36.8 Å². The summed E-state index contributed by atoms with van der Waals surface area (Å²) in [6.07, 6.45) is 6.67. The topological polar surface area (TPSA) is 50.9 Å². The summed E-state index contributed by atoms with van der Waals surface area (Å²) in [4.78, 5) is 4.19. The van der Waals surface area contributed by atoms with Crippen LogP contribution in [-0.2, 0) is 12.8 Å². The van der Waals surface area contributed by atoms with Crippen molar-refractivity contribution in [3.05, 3.63) is 59.4 Å². The first-order chi connectivity index (χ1) is 10.2. The zero-order chi connectivity index (χ0) is 15.1. The zero-order valence-corrected chi connectivity index (χ0v) is 13.0. The van der Waals surface area contributed by atoms with Gasteiger partial charge < -0.3 is 11.1 Å². The van der Waals surface area contributed by atoms with Crippen LogP contribution in [0, 0.1) is 6.92 Å². The van der Waals surface area contributed by atoms with Crippen molar-refractivity contribution in [3.63, 3.8) is 0 Å². The molecule has 1 atom stereocenters. The minimum atomic E-state index is 0.388. The van der Waals surface area contributed by atoms with Gasteiger partial charge in [0, 0.05) is 24.1 Å². The molecular weight excluding hydrogens is 258 g/mol. The van der Waals surface area contributed by atoms with Gasteiger partial charge in [0.1, 0.15) is 0 Å². The quantitative estimate of drug-likeness (QED) is 0.821. The highest BCUT2D eigenvalue weighted by Crippen LogP contribution is 2.14. The van der Waals surface area contributed by atoms with E-state index in [1.54, 1.807) is 6.20 Å². The van der Waals surface area contributed by atoms with Gasteiger partial charge in [0.15, 0.2) is 0 Å². The number of rotatable bonds is 7. The number of aryl methyl sites for hydroxylation is 1. The maximum absolute atomic E-state index is 6.04. The van der Waals surface area contributed by atoms with E-state index in [-0.39, 0.29) is 0 Å². The monoisotopic (exact) mass is 283 g/mol. The molecule has 1 aromatic carbocycles. The van der Waals surface area contributed by atoms with E-state index in [1.807, 2.05) is 12.3 Å². The van der Waals surface area contributed by atoms with E-state index < -0.39 is 0 Å². The van der Waals surface area contributed by atoms with Crippen molar-refractivity contribution in [1.82, 2.24) is 10.3 Å². The number of nitrogens with zero attached hydrogens (tertiary/aromatic N) is 1. The molecule has 2 aromatic rings. The van der Waals surface area contributed by atoms with Crippen molar-refractivity contribution in [2.45, 2.75) is 39.2 Å². The normalized spacial score (nSPS) is 12.3. The van der Waals surface area contributed by atoms with E-state index in [0.29, 0.717) is 6.04 Å². The highest BCUT2D eigenvalue weighted by atomic mass is 14.9. The van der Waals surface area contributed by atoms with Crippen LogP contribution >= 0.6 is 0 Å². The molecule has 0 amide bonds. The third-order valence-corrected chi connectivity index (χ3v) is 3.69. The van der Waals surface area contributed by atoms with Crippen molar-refractivity contribution in [3.8, 4) is 0 Å². The molecule has 3 nitrogen and oxygen atoms in total. The zero-order valence-electron chi connectivity index (χ0n) is 13.0. The first kappa shape index (κ1) is 15.5. The molecule has 2 rings (SSSR count). The average Bonchev–Trinajstić information content (AvgIpc) is 2.49. The van der Waals surface area contributed by atoms with Crippen molar-refractivity contribution in [2.75, 3.05) is 12.3 Å². The van der Waals surface area contributed by atoms with Crippen LogP contribution in [0.4, 0.5) is 5.69 Å². The standard InChI is InChI=1S/C18H25N3/c1-3-9-21-17(11-15-6-4-14(2)5-7-15)12-16-13-20-10-8-18(16)19/h4-8,10,13,17,21H,3,9,11-12H2,1-2H3,(H2,19,20). The van der Waals surface area contributed by atoms with Crippen molar-refractivity contribution in [2.24, 2.45) is 0 Å². The molecule has 0 bridgehead atoms. The smallest absolute Gasteiger partial charge is 0.0378 e. The minimum absolute atomic E-state index is 0.388. The first-order valence-electron chi connectivity index (χ1n) is 7.66. The molecule has 0 saturated heterocycles. The Kier molecular flexibility index (Phi) is 5.76. The molecule has 1 heterocycles. The lowest BCUT2D eigenvalue weighted by molar-refractivity contribution is 0.505. The molecule has 1 aromatic heterocycles. The molecule has 0 aliphatic carbocycles. The van der Waals surface area contributed by atoms with Gasteiger partial charge in [-0.3, -0.25) is 4.98 Å². The van der Waals surface area contributed by atoms with E-state index in [0.717, 1.165) is 37.1 Å². The van der Waals surface area contributed by atoms with Crippen LogP contribution in [0.25, 0.3) is 0 Å². The van der Waals surface area contributed by atoms with Gasteiger partial charge in [-0.15, -0.1) is 0 Å². The summed E-state index contributed by atoms with van der Waals surface area (Å²) < 4.78 is 0. The fourth-order valence-electron chi connectivity index (χ4n) is 2.45. The Morgan fingerprint density at radius 2 is 1.90 bits per heavy atom. The van der Waals surface area contributed by atoms with Crippen LogP contribution in [0.1, 0.15) is 30.0 Å². The molecule has 3 N–H and O–H groups in total. The van der Waals surface area contributed by atoms with Gasteiger partial charge in [0.2, 0.25) is 0 Å². The van der Waals surface area contributed by atoms with Crippen molar-refractivity contribution < 1.29 is 0 Å². The van der Waals surface area contributed by atoms with Gasteiger partial charge in [-0.2, -0.15) is 0 Å². The van der Waals surface area contributed by atoms with Crippen molar-refractivity contribution >= 4 is 5.69 Å². The summed E-state index contributed by atoms with van der Waals surface area (Å²) in [5.74, 6) is 0. The molecule has 0 aliphatic heterocycles. The van der Waals surface area contributed by atoms with Gasteiger partial charge >= 0.3 is 0 Å². The Morgan fingerprint density at radius 3 is 2.57 bits per heavy atom. The van der Waals surface area contributed by atoms with E-state index in [4.69, 9.17) is 5.73 Å². The summed E-state index contributed by atoms with van der Waals surface area (Å²) in [7, 11) is 0. The van der Waals surface area contributed by atoms with E-state index in [2.05, 4.69) is 48.4 Å². The highest BCUT2D eigenvalue weighted by molar-refractivity contribution is 5.44. The van der Waals surface area contributed by atoms with Gasteiger partial charge in [-0.25, -0.2) is 0 Å².